The van der Waals surface area contributed by atoms with E-state index < -0.39 is 5.97 Å². The summed E-state index contributed by atoms with van der Waals surface area (Å²) in [7, 11) is 0. The highest BCUT2D eigenvalue weighted by Crippen LogP contribution is 2.35. The SMILES string of the molecule is CCc1nc(C(=O)O)c(-c2c(C)cccc2C)s1. The quantitative estimate of drug-likeness (QED) is 0.916. The van der Waals surface area contributed by atoms with Gasteiger partial charge in [-0.2, -0.15) is 0 Å². The molecule has 0 saturated carbocycles. The molecule has 18 heavy (non-hydrogen) atoms. The Morgan fingerprint density at radius 3 is 2.44 bits per heavy atom. The van der Waals surface area contributed by atoms with Gasteiger partial charge in [-0.1, -0.05) is 25.1 Å². The normalized spacial score (nSPS) is 10.6. The number of nitrogens with zero attached hydrogens (tertiary/aromatic N) is 1. The lowest BCUT2D eigenvalue weighted by molar-refractivity contribution is 0.0692. The van der Waals surface area contributed by atoms with Crippen molar-refractivity contribution in [2.24, 2.45) is 0 Å². The average Bonchev–Trinajstić information content (AvgIpc) is 2.73. The molecule has 1 aromatic heterocycles. The maximum absolute atomic E-state index is 11.3. The summed E-state index contributed by atoms with van der Waals surface area (Å²) >= 11 is 1.48. The fourth-order valence-electron chi connectivity index (χ4n) is 2.00. The lowest BCUT2D eigenvalue weighted by Gasteiger charge is -2.07. The topological polar surface area (TPSA) is 50.2 Å². The van der Waals surface area contributed by atoms with Crippen LogP contribution in [-0.4, -0.2) is 16.1 Å². The van der Waals surface area contributed by atoms with Gasteiger partial charge in [-0.25, -0.2) is 9.78 Å². The first kappa shape index (κ1) is 12.8. The van der Waals surface area contributed by atoms with Crippen LogP contribution in [0.25, 0.3) is 10.4 Å². The van der Waals surface area contributed by atoms with Crippen LogP contribution < -0.4 is 0 Å². The van der Waals surface area contributed by atoms with E-state index in [1.54, 1.807) is 0 Å². The van der Waals surface area contributed by atoms with Gasteiger partial charge >= 0.3 is 5.97 Å². The molecule has 0 unspecified atom stereocenters. The highest BCUT2D eigenvalue weighted by atomic mass is 32.1. The van der Waals surface area contributed by atoms with Gasteiger partial charge in [0.1, 0.15) is 0 Å². The van der Waals surface area contributed by atoms with Gasteiger partial charge in [0.05, 0.1) is 9.88 Å². The Morgan fingerprint density at radius 2 is 1.94 bits per heavy atom. The summed E-state index contributed by atoms with van der Waals surface area (Å²) in [5.74, 6) is -0.955. The van der Waals surface area contributed by atoms with Crippen molar-refractivity contribution in [2.75, 3.05) is 0 Å². The van der Waals surface area contributed by atoms with E-state index in [2.05, 4.69) is 4.98 Å². The number of rotatable bonds is 3. The van der Waals surface area contributed by atoms with Crippen LogP contribution in [0, 0.1) is 13.8 Å². The molecule has 0 radical (unpaired) electrons. The Bertz CT molecular complexity index is 582. The Morgan fingerprint density at radius 1 is 1.33 bits per heavy atom. The van der Waals surface area contributed by atoms with Crippen LogP contribution >= 0.6 is 11.3 Å². The second kappa shape index (κ2) is 4.90. The molecular weight excluding hydrogens is 246 g/mol. The van der Waals surface area contributed by atoms with E-state index in [9.17, 15) is 9.90 Å². The molecule has 1 N–H and O–H groups in total. The van der Waals surface area contributed by atoms with Gasteiger partial charge in [0.2, 0.25) is 0 Å². The molecule has 0 aliphatic heterocycles. The molecule has 0 amide bonds. The number of aryl methyl sites for hydroxylation is 3. The Kier molecular flexibility index (Phi) is 3.48. The number of carboxylic acid groups (broad SMARTS) is 1. The molecule has 3 nitrogen and oxygen atoms in total. The summed E-state index contributed by atoms with van der Waals surface area (Å²) in [5.41, 5.74) is 3.36. The van der Waals surface area contributed by atoms with Gasteiger partial charge in [0.15, 0.2) is 5.69 Å². The lowest BCUT2D eigenvalue weighted by Crippen LogP contribution is -2.00. The average molecular weight is 261 g/mol. The molecule has 2 aromatic rings. The van der Waals surface area contributed by atoms with E-state index in [-0.39, 0.29) is 5.69 Å². The smallest absolute Gasteiger partial charge is 0.356 e. The van der Waals surface area contributed by atoms with Crippen LogP contribution in [0.2, 0.25) is 0 Å². The number of benzene rings is 1. The van der Waals surface area contributed by atoms with Crippen LogP contribution in [-0.2, 0) is 6.42 Å². The van der Waals surface area contributed by atoms with Gasteiger partial charge in [-0.15, -0.1) is 11.3 Å². The molecule has 0 aliphatic rings. The first-order chi connectivity index (χ1) is 8.54. The van der Waals surface area contributed by atoms with Gasteiger partial charge in [0.25, 0.3) is 0 Å². The molecule has 0 atom stereocenters. The minimum atomic E-state index is -0.955. The number of carboxylic acids is 1. The third kappa shape index (κ3) is 2.16. The van der Waals surface area contributed by atoms with Crippen LogP contribution in [0.5, 0.6) is 0 Å². The van der Waals surface area contributed by atoms with E-state index >= 15 is 0 Å². The van der Waals surface area contributed by atoms with Crippen LogP contribution in [0.1, 0.15) is 33.5 Å². The van der Waals surface area contributed by atoms with E-state index in [1.165, 1.54) is 11.3 Å². The Labute approximate surface area is 110 Å². The van der Waals surface area contributed by atoms with Crippen molar-refractivity contribution in [2.45, 2.75) is 27.2 Å². The fourth-order valence-corrected chi connectivity index (χ4v) is 3.17. The predicted molar refractivity (Wildman–Crippen MR) is 73.4 cm³/mol. The zero-order valence-corrected chi connectivity index (χ0v) is 11.5. The van der Waals surface area contributed by atoms with E-state index in [0.717, 1.165) is 33.0 Å². The Hall–Kier alpha value is -1.68. The van der Waals surface area contributed by atoms with E-state index in [4.69, 9.17) is 0 Å². The summed E-state index contributed by atoms with van der Waals surface area (Å²) in [6.45, 7) is 5.98. The van der Waals surface area contributed by atoms with Crippen molar-refractivity contribution in [3.63, 3.8) is 0 Å². The molecule has 0 fully saturated rings. The standard InChI is InChI=1S/C14H15NO2S/c1-4-10-15-12(14(16)17)13(18-10)11-8(2)6-5-7-9(11)3/h5-7H,4H2,1-3H3,(H,16,17). The highest BCUT2D eigenvalue weighted by Gasteiger charge is 2.20. The summed E-state index contributed by atoms with van der Waals surface area (Å²) in [6.07, 6.45) is 0.760. The zero-order chi connectivity index (χ0) is 13.3. The second-order valence-electron chi connectivity index (χ2n) is 4.21. The first-order valence-electron chi connectivity index (χ1n) is 5.84. The van der Waals surface area contributed by atoms with Gasteiger partial charge in [0, 0.05) is 5.56 Å². The first-order valence-corrected chi connectivity index (χ1v) is 6.65. The summed E-state index contributed by atoms with van der Waals surface area (Å²) < 4.78 is 0. The van der Waals surface area contributed by atoms with Gasteiger partial charge in [-0.05, 0) is 31.4 Å². The monoisotopic (exact) mass is 261 g/mol. The minimum absolute atomic E-state index is 0.175. The van der Waals surface area contributed by atoms with Crippen molar-refractivity contribution in [1.82, 2.24) is 4.98 Å². The molecular formula is C14H15NO2S. The molecule has 0 bridgehead atoms. The maximum Gasteiger partial charge on any atom is 0.356 e. The van der Waals surface area contributed by atoms with Crippen molar-refractivity contribution in [1.29, 1.82) is 0 Å². The molecule has 2 rings (SSSR count). The van der Waals surface area contributed by atoms with Crippen LogP contribution in [0.4, 0.5) is 0 Å². The Balaban J connectivity index is 2.70. The van der Waals surface area contributed by atoms with Crippen molar-refractivity contribution >= 4 is 17.3 Å². The lowest BCUT2D eigenvalue weighted by atomic mass is 10.0. The molecule has 1 aromatic carbocycles. The molecule has 1 heterocycles. The second-order valence-corrected chi connectivity index (χ2v) is 5.29. The third-order valence-electron chi connectivity index (χ3n) is 2.88. The number of aromatic carboxylic acids is 1. The summed E-state index contributed by atoms with van der Waals surface area (Å²) in [5, 5.41) is 10.1. The van der Waals surface area contributed by atoms with Crippen LogP contribution in [0.3, 0.4) is 0 Å². The maximum atomic E-state index is 11.3. The van der Waals surface area contributed by atoms with Crippen molar-refractivity contribution in [3.8, 4) is 10.4 Å². The molecule has 0 saturated heterocycles. The number of hydrogen-bond acceptors (Lipinski definition) is 3. The van der Waals surface area contributed by atoms with E-state index in [0.29, 0.717) is 0 Å². The summed E-state index contributed by atoms with van der Waals surface area (Å²) in [6, 6.07) is 5.98. The van der Waals surface area contributed by atoms with Crippen LogP contribution in [0.15, 0.2) is 18.2 Å². The van der Waals surface area contributed by atoms with Gasteiger partial charge in [-0.3, -0.25) is 0 Å². The fraction of sp³-hybridized carbons (Fsp3) is 0.286. The van der Waals surface area contributed by atoms with Crippen molar-refractivity contribution in [3.05, 3.63) is 40.0 Å². The number of carbonyl (C=O) groups is 1. The predicted octanol–water partition coefficient (Wildman–Crippen LogP) is 3.69. The van der Waals surface area contributed by atoms with Gasteiger partial charge < -0.3 is 5.11 Å². The van der Waals surface area contributed by atoms with E-state index in [1.807, 2.05) is 39.0 Å². The molecule has 94 valence electrons. The summed E-state index contributed by atoms with van der Waals surface area (Å²) in [4.78, 5) is 16.3. The minimum Gasteiger partial charge on any atom is -0.476 e. The number of hydrogen-bond donors (Lipinski definition) is 1. The largest absolute Gasteiger partial charge is 0.476 e. The molecule has 4 heteroatoms. The highest BCUT2D eigenvalue weighted by molar-refractivity contribution is 7.15. The number of thiazole rings is 1. The molecule has 0 spiro atoms. The van der Waals surface area contributed by atoms with Crippen molar-refractivity contribution < 1.29 is 9.90 Å². The zero-order valence-electron chi connectivity index (χ0n) is 10.7. The molecule has 0 aliphatic carbocycles. The third-order valence-corrected chi connectivity index (χ3v) is 4.10. The number of aromatic nitrogens is 1.